The van der Waals surface area contributed by atoms with Crippen LogP contribution < -0.4 is 5.32 Å². The van der Waals surface area contributed by atoms with Crippen LogP contribution in [-0.2, 0) is 13.5 Å². The van der Waals surface area contributed by atoms with Gasteiger partial charge >= 0.3 is 0 Å². The first kappa shape index (κ1) is 14.1. The second kappa shape index (κ2) is 5.33. The van der Waals surface area contributed by atoms with Crippen molar-refractivity contribution in [2.45, 2.75) is 39.7 Å². The van der Waals surface area contributed by atoms with Crippen molar-refractivity contribution in [3.05, 3.63) is 30.0 Å². The molecule has 2 rings (SSSR count). The van der Waals surface area contributed by atoms with E-state index in [0.29, 0.717) is 5.92 Å². The van der Waals surface area contributed by atoms with Crippen molar-refractivity contribution < 1.29 is 0 Å². The lowest BCUT2D eigenvalue weighted by atomic mass is 10.0. The van der Waals surface area contributed by atoms with E-state index in [-0.39, 0.29) is 5.54 Å². The SMILES string of the molecule is CC(CNC(C)(C)C)Cc1nn(C)c2ccccc12. The van der Waals surface area contributed by atoms with Crippen molar-refractivity contribution >= 4 is 10.9 Å². The highest BCUT2D eigenvalue weighted by Gasteiger charge is 2.14. The molecule has 104 valence electrons. The Balaban J connectivity index is 2.09. The van der Waals surface area contributed by atoms with Gasteiger partial charge in [-0.25, -0.2) is 0 Å². The Morgan fingerprint density at radius 1 is 1.26 bits per heavy atom. The molecule has 1 aromatic heterocycles. The van der Waals surface area contributed by atoms with Crippen LogP contribution >= 0.6 is 0 Å². The summed E-state index contributed by atoms with van der Waals surface area (Å²) in [6.07, 6.45) is 1.02. The summed E-state index contributed by atoms with van der Waals surface area (Å²) in [5, 5.41) is 9.51. The van der Waals surface area contributed by atoms with Crippen molar-refractivity contribution in [2.24, 2.45) is 13.0 Å². The number of aryl methyl sites for hydroxylation is 1. The molecule has 0 aliphatic heterocycles. The maximum atomic E-state index is 4.66. The van der Waals surface area contributed by atoms with E-state index in [1.54, 1.807) is 0 Å². The van der Waals surface area contributed by atoms with E-state index >= 15 is 0 Å². The van der Waals surface area contributed by atoms with Gasteiger partial charge in [-0.1, -0.05) is 25.1 Å². The minimum atomic E-state index is 0.181. The normalized spacial score (nSPS) is 13.9. The fourth-order valence-electron chi connectivity index (χ4n) is 2.32. The minimum absolute atomic E-state index is 0.181. The van der Waals surface area contributed by atoms with Crippen LogP contribution in [0.25, 0.3) is 10.9 Å². The van der Waals surface area contributed by atoms with Gasteiger partial charge in [0.2, 0.25) is 0 Å². The molecule has 1 N–H and O–H groups in total. The second-order valence-electron chi connectivity index (χ2n) is 6.53. The van der Waals surface area contributed by atoms with E-state index < -0.39 is 0 Å². The molecule has 0 saturated heterocycles. The molecule has 1 unspecified atom stereocenters. The molecular formula is C16H25N3. The molecule has 0 bridgehead atoms. The number of rotatable bonds is 4. The van der Waals surface area contributed by atoms with Gasteiger partial charge in [0.1, 0.15) is 0 Å². The fourth-order valence-corrected chi connectivity index (χ4v) is 2.32. The number of fused-ring (bicyclic) bond motifs is 1. The standard InChI is InChI=1S/C16H25N3/c1-12(11-17-16(2,3)4)10-14-13-8-6-7-9-15(13)19(5)18-14/h6-9,12,17H,10-11H2,1-5H3. The van der Waals surface area contributed by atoms with Crippen LogP contribution in [0.5, 0.6) is 0 Å². The number of para-hydroxylation sites is 1. The molecule has 1 atom stereocenters. The summed E-state index contributed by atoms with van der Waals surface area (Å²) in [6, 6.07) is 8.45. The Labute approximate surface area is 116 Å². The molecule has 0 aliphatic rings. The summed E-state index contributed by atoms with van der Waals surface area (Å²) < 4.78 is 1.98. The molecule has 0 amide bonds. The number of benzene rings is 1. The largest absolute Gasteiger partial charge is 0.312 e. The van der Waals surface area contributed by atoms with Crippen LogP contribution in [0.4, 0.5) is 0 Å². The number of hydrogen-bond acceptors (Lipinski definition) is 2. The third-order valence-corrected chi connectivity index (χ3v) is 3.36. The Hall–Kier alpha value is -1.35. The Morgan fingerprint density at radius 2 is 1.95 bits per heavy atom. The van der Waals surface area contributed by atoms with Crippen molar-refractivity contribution in [2.75, 3.05) is 6.54 Å². The van der Waals surface area contributed by atoms with Gasteiger partial charge in [-0.15, -0.1) is 0 Å². The molecule has 0 aliphatic carbocycles. The predicted molar refractivity (Wildman–Crippen MR) is 81.3 cm³/mol. The number of nitrogens with one attached hydrogen (secondary N) is 1. The highest BCUT2D eigenvalue weighted by atomic mass is 15.3. The summed E-state index contributed by atoms with van der Waals surface area (Å²) in [4.78, 5) is 0. The topological polar surface area (TPSA) is 29.9 Å². The third-order valence-electron chi connectivity index (χ3n) is 3.36. The molecule has 0 spiro atoms. The summed E-state index contributed by atoms with van der Waals surface area (Å²) in [5.74, 6) is 0.581. The third kappa shape index (κ3) is 3.57. The number of hydrogen-bond donors (Lipinski definition) is 1. The quantitative estimate of drug-likeness (QED) is 0.914. The van der Waals surface area contributed by atoms with Gasteiger partial charge in [0.25, 0.3) is 0 Å². The molecule has 0 fully saturated rings. The number of aromatic nitrogens is 2. The molecule has 3 nitrogen and oxygen atoms in total. The van der Waals surface area contributed by atoms with E-state index in [0.717, 1.165) is 13.0 Å². The Bertz CT molecular complexity index is 549. The summed E-state index contributed by atoms with van der Waals surface area (Å²) in [6.45, 7) is 9.91. The fraction of sp³-hybridized carbons (Fsp3) is 0.562. The summed E-state index contributed by atoms with van der Waals surface area (Å²) in [7, 11) is 2.02. The highest BCUT2D eigenvalue weighted by molar-refractivity contribution is 5.81. The molecule has 1 heterocycles. The van der Waals surface area contributed by atoms with Crippen LogP contribution in [0.2, 0.25) is 0 Å². The molecule has 0 radical (unpaired) electrons. The van der Waals surface area contributed by atoms with Crippen LogP contribution in [0, 0.1) is 5.92 Å². The molecule has 0 saturated carbocycles. The van der Waals surface area contributed by atoms with Gasteiger partial charge in [-0.3, -0.25) is 4.68 Å². The average Bonchev–Trinajstić information content (AvgIpc) is 2.64. The molecule has 19 heavy (non-hydrogen) atoms. The highest BCUT2D eigenvalue weighted by Crippen LogP contribution is 2.20. The van der Waals surface area contributed by atoms with Crippen LogP contribution in [-0.4, -0.2) is 21.9 Å². The smallest absolute Gasteiger partial charge is 0.0706 e. The first-order valence-electron chi connectivity index (χ1n) is 7.02. The van der Waals surface area contributed by atoms with Gasteiger partial charge in [-0.2, -0.15) is 5.10 Å². The van der Waals surface area contributed by atoms with Crippen molar-refractivity contribution in [3.63, 3.8) is 0 Å². The van der Waals surface area contributed by atoms with E-state index in [9.17, 15) is 0 Å². The van der Waals surface area contributed by atoms with Crippen LogP contribution in [0.1, 0.15) is 33.4 Å². The van der Waals surface area contributed by atoms with Gasteiger partial charge in [0.05, 0.1) is 11.2 Å². The maximum Gasteiger partial charge on any atom is 0.0706 e. The van der Waals surface area contributed by atoms with E-state index in [4.69, 9.17) is 0 Å². The zero-order valence-electron chi connectivity index (χ0n) is 12.7. The van der Waals surface area contributed by atoms with Crippen molar-refractivity contribution in [3.8, 4) is 0 Å². The van der Waals surface area contributed by atoms with Gasteiger partial charge in [0.15, 0.2) is 0 Å². The van der Waals surface area contributed by atoms with Crippen molar-refractivity contribution in [1.29, 1.82) is 0 Å². The lowest BCUT2D eigenvalue weighted by Crippen LogP contribution is -2.39. The first-order chi connectivity index (χ1) is 8.87. The number of nitrogens with zero attached hydrogens (tertiary/aromatic N) is 2. The molecule has 3 heteroatoms. The lowest BCUT2D eigenvalue weighted by molar-refractivity contribution is 0.380. The van der Waals surface area contributed by atoms with Gasteiger partial charge in [-0.05, 0) is 45.7 Å². The predicted octanol–water partition coefficient (Wildman–Crippen LogP) is 3.14. The minimum Gasteiger partial charge on any atom is -0.312 e. The summed E-state index contributed by atoms with van der Waals surface area (Å²) in [5.41, 5.74) is 2.61. The first-order valence-corrected chi connectivity index (χ1v) is 7.02. The van der Waals surface area contributed by atoms with E-state index in [1.165, 1.54) is 16.6 Å². The monoisotopic (exact) mass is 259 g/mol. The van der Waals surface area contributed by atoms with E-state index in [1.807, 2.05) is 11.7 Å². The van der Waals surface area contributed by atoms with Crippen LogP contribution in [0.3, 0.4) is 0 Å². The zero-order valence-corrected chi connectivity index (χ0v) is 12.7. The summed E-state index contributed by atoms with van der Waals surface area (Å²) >= 11 is 0. The lowest BCUT2D eigenvalue weighted by Gasteiger charge is -2.23. The zero-order chi connectivity index (χ0) is 14.0. The van der Waals surface area contributed by atoms with Gasteiger partial charge in [0, 0.05) is 18.0 Å². The molecule has 2 aromatic rings. The van der Waals surface area contributed by atoms with Crippen LogP contribution in [0.15, 0.2) is 24.3 Å². The van der Waals surface area contributed by atoms with Gasteiger partial charge < -0.3 is 5.32 Å². The van der Waals surface area contributed by atoms with Crippen molar-refractivity contribution in [1.82, 2.24) is 15.1 Å². The van der Waals surface area contributed by atoms with E-state index in [2.05, 4.69) is 62.4 Å². The maximum absolute atomic E-state index is 4.66. The Morgan fingerprint density at radius 3 is 2.63 bits per heavy atom. The average molecular weight is 259 g/mol. The molecule has 1 aromatic carbocycles. The molecular weight excluding hydrogens is 234 g/mol. The second-order valence-corrected chi connectivity index (χ2v) is 6.53. The Kier molecular flexibility index (Phi) is 3.95.